The number of halogens is 1. The van der Waals surface area contributed by atoms with Crippen LogP contribution in [0.3, 0.4) is 0 Å². The molecule has 1 amide bonds. The molecule has 0 aliphatic carbocycles. The number of methoxy groups -OCH3 is 1. The third-order valence-corrected chi connectivity index (χ3v) is 5.00. The molecular weight excluding hydrogens is 394 g/mol. The van der Waals surface area contributed by atoms with Crippen LogP contribution in [0.15, 0.2) is 18.6 Å². The first kappa shape index (κ1) is 18.9. The van der Waals surface area contributed by atoms with Gasteiger partial charge in [-0.05, 0) is 19.9 Å². The number of rotatable bonds is 4. The molecule has 0 fully saturated rings. The highest BCUT2D eigenvalue weighted by atomic mass is 35.5. The first-order chi connectivity index (χ1) is 13.9. The average molecular weight is 412 g/mol. The van der Waals surface area contributed by atoms with Crippen molar-refractivity contribution in [3.63, 3.8) is 0 Å². The molecule has 0 saturated carbocycles. The van der Waals surface area contributed by atoms with Crippen LogP contribution < -0.4 is 15.4 Å². The predicted molar refractivity (Wildman–Crippen MR) is 109 cm³/mol. The molecule has 1 aliphatic rings. The third kappa shape index (κ3) is 3.19. The highest BCUT2D eigenvalue weighted by molar-refractivity contribution is 6.41. The molecule has 3 aromatic heterocycles. The van der Waals surface area contributed by atoms with Crippen LogP contribution in [0.25, 0.3) is 11.6 Å². The molecule has 0 radical (unpaired) electrons. The van der Waals surface area contributed by atoms with Crippen molar-refractivity contribution in [3.05, 3.63) is 52.0 Å². The number of pyridine rings is 1. The number of hydrogen-bond donors (Lipinski definition) is 2. The number of imidazole rings is 1. The Hall–Kier alpha value is -3.46. The lowest BCUT2D eigenvalue weighted by atomic mass is 10.1. The molecule has 0 atom stereocenters. The van der Waals surface area contributed by atoms with E-state index in [2.05, 4.69) is 24.9 Å². The van der Waals surface area contributed by atoms with E-state index in [-0.39, 0.29) is 23.6 Å². The summed E-state index contributed by atoms with van der Waals surface area (Å²) in [5, 5.41) is 0.104. The van der Waals surface area contributed by atoms with E-state index in [1.54, 1.807) is 31.8 Å². The number of aryl methyl sites for hydroxylation is 1. The second-order valence-corrected chi connectivity index (χ2v) is 6.90. The SMILES string of the molecule is COc1c(C)cnc(CN2C(=O)C(=Cc3ncc[nH]3)c3c(Cl)nc(N)nc32)c1C. The number of aromatic amines is 1. The number of carbonyl (C=O) groups excluding carboxylic acids is 1. The van der Waals surface area contributed by atoms with Crippen molar-refractivity contribution in [2.24, 2.45) is 0 Å². The van der Waals surface area contributed by atoms with Crippen molar-refractivity contribution in [2.75, 3.05) is 17.7 Å². The van der Waals surface area contributed by atoms with Crippen molar-refractivity contribution in [2.45, 2.75) is 20.4 Å². The minimum absolute atomic E-state index is 0.0167. The van der Waals surface area contributed by atoms with Gasteiger partial charge in [-0.3, -0.25) is 14.7 Å². The summed E-state index contributed by atoms with van der Waals surface area (Å²) in [7, 11) is 1.60. The molecule has 0 unspecified atom stereocenters. The van der Waals surface area contributed by atoms with E-state index in [1.807, 2.05) is 13.8 Å². The van der Waals surface area contributed by atoms with Crippen LogP contribution >= 0.6 is 11.6 Å². The third-order valence-electron chi connectivity index (χ3n) is 4.72. The molecule has 4 heterocycles. The fourth-order valence-electron chi connectivity index (χ4n) is 3.37. The summed E-state index contributed by atoms with van der Waals surface area (Å²) < 4.78 is 5.47. The number of aromatic nitrogens is 5. The van der Waals surface area contributed by atoms with Crippen LogP contribution in [0.5, 0.6) is 5.75 Å². The first-order valence-electron chi connectivity index (χ1n) is 8.76. The Morgan fingerprint density at radius 2 is 2.10 bits per heavy atom. The largest absolute Gasteiger partial charge is 0.496 e. The summed E-state index contributed by atoms with van der Waals surface area (Å²) in [6.45, 7) is 3.99. The van der Waals surface area contributed by atoms with E-state index in [0.717, 1.165) is 16.9 Å². The number of ether oxygens (including phenoxy) is 1. The number of H-pyrrole nitrogens is 1. The summed E-state index contributed by atoms with van der Waals surface area (Å²) in [6, 6.07) is 0. The average Bonchev–Trinajstić information content (AvgIpc) is 3.27. The predicted octanol–water partition coefficient (Wildman–Crippen LogP) is 2.54. The quantitative estimate of drug-likeness (QED) is 0.499. The van der Waals surface area contributed by atoms with Gasteiger partial charge in [0.05, 0.1) is 30.5 Å². The van der Waals surface area contributed by atoms with Crippen molar-refractivity contribution in [3.8, 4) is 5.75 Å². The monoisotopic (exact) mass is 411 g/mol. The van der Waals surface area contributed by atoms with E-state index in [4.69, 9.17) is 22.1 Å². The van der Waals surface area contributed by atoms with Crippen LogP contribution in [-0.2, 0) is 11.3 Å². The Morgan fingerprint density at radius 1 is 1.31 bits per heavy atom. The maximum atomic E-state index is 13.3. The van der Waals surface area contributed by atoms with E-state index in [9.17, 15) is 4.79 Å². The minimum atomic E-state index is -0.293. The Bertz CT molecular complexity index is 1140. The second-order valence-electron chi connectivity index (χ2n) is 6.54. The number of anilines is 2. The van der Waals surface area contributed by atoms with Crippen LogP contribution in [0.1, 0.15) is 28.2 Å². The number of amides is 1. The Kier molecular flexibility index (Phi) is 4.67. The summed E-state index contributed by atoms with van der Waals surface area (Å²) in [5.74, 6) is 1.27. The maximum Gasteiger partial charge on any atom is 0.260 e. The molecule has 0 spiro atoms. The lowest BCUT2D eigenvalue weighted by molar-refractivity contribution is -0.113. The van der Waals surface area contributed by atoms with Gasteiger partial charge in [0.15, 0.2) is 5.82 Å². The molecule has 148 valence electrons. The van der Waals surface area contributed by atoms with Gasteiger partial charge in [-0.1, -0.05) is 11.6 Å². The van der Waals surface area contributed by atoms with Gasteiger partial charge in [0.2, 0.25) is 5.95 Å². The highest BCUT2D eigenvalue weighted by Crippen LogP contribution is 2.41. The lowest BCUT2D eigenvalue weighted by Gasteiger charge is -2.18. The molecule has 1 aliphatic heterocycles. The van der Waals surface area contributed by atoms with Crippen LogP contribution in [0.2, 0.25) is 5.15 Å². The number of fused-ring (bicyclic) bond motifs is 1. The number of nitrogens with one attached hydrogen (secondary N) is 1. The number of nitrogen functional groups attached to an aromatic ring is 1. The topological polar surface area (TPSA) is 123 Å². The van der Waals surface area contributed by atoms with Crippen LogP contribution in [0, 0.1) is 13.8 Å². The van der Waals surface area contributed by atoms with E-state index >= 15 is 0 Å². The lowest BCUT2D eigenvalue weighted by Crippen LogP contribution is -2.27. The number of nitrogens with zero attached hydrogens (tertiary/aromatic N) is 5. The second kappa shape index (κ2) is 7.17. The molecule has 10 heteroatoms. The normalized spacial score (nSPS) is 14.6. The van der Waals surface area contributed by atoms with Gasteiger partial charge in [-0.2, -0.15) is 4.98 Å². The molecule has 0 aromatic carbocycles. The fourth-order valence-corrected chi connectivity index (χ4v) is 3.64. The molecule has 9 nitrogen and oxygen atoms in total. The summed E-state index contributed by atoms with van der Waals surface area (Å²) in [6.07, 6.45) is 6.58. The highest BCUT2D eigenvalue weighted by Gasteiger charge is 2.37. The summed E-state index contributed by atoms with van der Waals surface area (Å²) in [4.78, 5) is 34.6. The molecular formula is C19H18ClN7O2. The van der Waals surface area contributed by atoms with E-state index in [0.29, 0.717) is 28.5 Å². The Balaban J connectivity index is 1.83. The minimum Gasteiger partial charge on any atom is -0.496 e. The first-order valence-corrected chi connectivity index (χ1v) is 9.14. The smallest absolute Gasteiger partial charge is 0.260 e. The maximum absolute atomic E-state index is 13.3. The van der Waals surface area contributed by atoms with Crippen molar-refractivity contribution >= 4 is 40.9 Å². The zero-order valence-electron chi connectivity index (χ0n) is 16.0. The Labute approximate surface area is 171 Å². The van der Waals surface area contributed by atoms with Gasteiger partial charge >= 0.3 is 0 Å². The summed E-state index contributed by atoms with van der Waals surface area (Å²) in [5.41, 5.74) is 8.98. The van der Waals surface area contributed by atoms with Crippen LogP contribution in [0.4, 0.5) is 11.8 Å². The van der Waals surface area contributed by atoms with Crippen molar-refractivity contribution < 1.29 is 9.53 Å². The van der Waals surface area contributed by atoms with Crippen molar-refractivity contribution in [1.29, 1.82) is 0 Å². The molecule has 4 rings (SSSR count). The van der Waals surface area contributed by atoms with Gasteiger partial charge in [-0.25, -0.2) is 9.97 Å². The van der Waals surface area contributed by atoms with Crippen LogP contribution in [-0.4, -0.2) is 37.9 Å². The molecule has 3 aromatic rings. The van der Waals surface area contributed by atoms with Gasteiger partial charge < -0.3 is 15.5 Å². The molecule has 0 saturated heterocycles. The molecule has 3 N–H and O–H groups in total. The van der Waals surface area contributed by atoms with Gasteiger partial charge in [-0.15, -0.1) is 0 Å². The van der Waals surface area contributed by atoms with Crippen molar-refractivity contribution in [1.82, 2.24) is 24.9 Å². The Morgan fingerprint density at radius 3 is 2.79 bits per heavy atom. The van der Waals surface area contributed by atoms with E-state index < -0.39 is 0 Å². The molecule has 0 bridgehead atoms. The van der Waals surface area contributed by atoms with Gasteiger partial charge in [0, 0.05) is 29.7 Å². The molecule has 29 heavy (non-hydrogen) atoms. The standard InChI is InChI=1S/C19H18ClN7O2/c1-9-7-24-12(10(2)15(9)29-3)8-27-17-14(16(20)25-19(21)26-17)11(18(27)28)6-13-22-4-5-23-13/h4-7H,8H2,1-3H3,(H,22,23)(H2,21,25,26). The van der Waals surface area contributed by atoms with Gasteiger partial charge in [0.1, 0.15) is 16.7 Å². The zero-order chi connectivity index (χ0) is 20.7. The number of carbonyl (C=O) groups is 1. The number of nitrogens with two attached hydrogens (primary N) is 1. The summed E-state index contributed by atoms with van der Waals surface area (Å²) >= 11 is 6.33. The van der Waals surface area contributed by atoms with E-state index in [1.165, 1.54) is 4.90 Å². The zero-order valence-corrected chi connectivity index (χ0v) is 16.8. The number of hydrogen-bond acceptors (Lipinski definition) is 7. The fraction of sp³-hybridized carbons (Fsp3) is 0.211. The van der Waals surface area contributed by atoms with Gasteiger partial charge in [0.25, 0.3) is 5.91 Å².